The molecule has 1 aliphatic carbocycles. The van der Waals surface area contributed by atoms with E-state index in [9.17, 15) is 9.59 Å². The van der Waals surface area contributed by atoms with Crippen LogP contribution in [0, 0.1) is 5.92 Å². The number of nitrogens with one attached hydrogen (secondary N) is 1. The molecule has 1 aromatic carbocycles. The maximum atomic E-state index is 12.3. The van der Waals surface area contributed by atoms with Gasteiger partial charge in [-0.15, -0.1) is 0 Å². The Kier molecular flexibility index (Phi) is 5.81. The fourth-order valence-corrected chi connectivity index (χ4v) is 3.28. The van der Waals surface area contributed by atoms with Crippen LogP contribution in [0.4, 0.5) is 0 Å². The van der Waals surface area contributed by atoms with Crippen molar-refractivity contribution in [2.45, 2.75) is 51.7 Å². The highest BCUT2D eigenvalue weighted by atomic mass is 16.7. The first kappa shape index (κ1) is 18.3. The van der Waals surface area contributed by atoms with E-state index < -0.39 is 12.1 Å². The van der Waals surface area contributed by atoms with Crippen molar-refractivity contribution in [1.82, 2.24) is 5.32 Å². The summed E-state index contributed by atoms with van der Waals surface area (Å²) >= 11 is 0. The molecule has 2 aliphatic rings. The van der Waals surface area contributed by atoms with Crippen LogP contribution in [0.2, 0.25) is 0 Å². The number of ether oxygens (including phenoxy) is 3. The molecule has 1 heterocycles. The van der Waals surface area contributed by atoms with Crippen molar-refractivity contribution in [3.63, 3.8) is 0 Å². The minimum absolute atomic E-state index is 0.168. The highest BCUT2D eigenvalue weighted by molar-refractivity contribution is 5.90. The summed E-state index contributed by atoms with van der Waals surface area (Å²) < 4.78 is 15.8. The molecule has 3 rings (SSSR count). The smallest absolute Gasteiger partial charge is 0.331 e. The highest BCUT2D eigenvalue weighted by Gasteiger charge is 2.26. The number of carbonyl (C=O) groups is 2. The Morgan fingerprint density at radius 3 is 2.81 bits per heavy atom. The number of amides is 1. The Hall–Kier alpha value is -2.50. The van der Waals surface area contributed by atoms with E-state index in [-0.39, 0.29) is 18.7 Å². The van der Waals surface area contributed by atoms with E-state index in [4.69, 9.17) is 14.2 Å². The summed E-state index contributed by atoms with van der Waals surface area (Å²) in [5, 5.41) is 3.01. The molecule has 0 unspecified atom stereocenters. The number of hydrogen-bond acceptors (Lipinski definition) is 5. The zero-order valence-corrected chi connectivity index (χ0v) is 15.2. The summed E-state index contributed by atoms with van der Waals surface area (Å²) in [5.74, 6) is 0.999. The molecule has 0 saturated heterocycles. The fraction of sp³-hybridized carbons (Fsp3) is 0.500. The Balaban J connectivity index is 1.49. The quantitative estimate of drug-likeness (QED) is 0.646. The molecular formula is C20H25NO5. The van der Waals surface area contributed by atoms with Crippen molar-refractivity contribution in [3.05, 3.63) is 29.8 Å². The van der Waals surface area contributed by atoms with Crippen LogP contribution in [0.15, 0.2) is 24.3 Å². The summed E-state index contributed by atoms with van der Waals surface area (Å²) in [4.78, 5) is 24.2. The molecule has 1 aliphatic heterocycles. The average Bonchev–Trinajstić information content (AvgIpc) is 3.09. The molecule has 0 radical (unpaired) electrons. The molecule has 1 fully saturated rings. The Morgan fingerprint density at radius 2 is 2.00 bits per heavy atom. The van der Waals surface area contributed by atoms with Crippen LogP contribution < -0.4 is 14.8 Å². The van der Waals surface area contributed by atoms with Crippen LogP contribution >= 0.6 is 0 Å². The molecule has 26 heavy (non-hydrogen) atoms. The van der Waals surface area contributed by atoms with Gasteiger partial charge in [-0.25, -0.2) is 4.79 Å². The van der Waals surface area contributed by atoms with Gasteiger partial charge in [-0.1, -0.05) is 25.8 Å². The van der Waals surface area contributed by atoms with E-state index in [1.807, 2.05) is 6.07 Å². The summed E-state index contributed by atoms with van der Waals surface area (Å²) in [5.41, 5.74) is 0.791. The van der Waals surface area contributed by atoms with Crippen LogP contribution in [-0.4, -0.2) is 30.8 Å². The van der Waals surface area contributed by atoms with Crippen molar-refractivity contribution < 1.29 is 23.8 Å². The van der Waals surface area contributed by atoms with Gasteiger partial charge in [0.1, 0.15) is 0 Å². The van der Waals surface area contributed by atoms with Gasteiger partial charge < -0.3 is 19.5 Å². The number of carbonyl (C=O) groups excluding carboxylic acids is 2. The molecule has 140 valence electrons. The number of benzene rings is 1. The van der Waals surface area contributed by atoms with E-state index in [0.29, 0.717) is 17.4 Å². The van der Waals surface area contributed by atoms with E-state index in [1.54, 1.807) is 25.1 Å². The normalized spacial score (nSPS) is 22.8. The number of hydrogen-bond donors (Lipinski definition) is 1. The second kappa shape index (κ2) is 8.25. The van der Waals surface area contributed by atoms with E-state index in [0.717, 1.165) is 24.8 Å². The fourth-order valence-electron chi connectivity index (χ4n) is 3.28. The van der Waals surface area contributed by atoms with Gasteiger partial charge in [-0.05, 0) is 49.5 Å². The largest absolute Gasteiger partial charge is 0.454 e. The number of fused-ring (bicyclic) bond motifs is 1. The van der Waals surface area contributed by atoms with Gasteiger partial charge in [0.2, 0.25) is 6.79 Å². The maximum Gasteiger partial charge on any atom is 0.331 e. The third-order valence-corrected chi connectivity index (χ3v) is 4.91. The molecule has 6 nitrogen and oxygen atoms in total. The van der Waals surface area contributed by atoms with Crippen molar-refractivity contribution in [1.29, 1.82) is 0 Å². The Morgan fingerprint density at radius 1 is 1.23 bits per heavy atom. The van der Waals surface area contributed by atoms with Crippen LogP contribution in [0.1, 0.15) is 45.1 Å². The van der Waals surface area contributed by atoms with Crippen LogP contribution in [-0.2, 0) is 14.3 Å². The predicted molar refractivity (Wildman–Crippen MR) is 96.7 cm³/mol. The van der Waals surface area contributed by atoms with Gasteiger partial charge in [0.25, 0.3) is 5.91 Å². The first-order chi connectivity index (χ1) is 12.5. The molecular weight excluding hydrogens is 334 g/mol. The number of rotatable bonds is 5. The van der Waals surface area contributed by atoms with E-state index in [2.05, 4.69) is 12.2 Å². The molecule has 0 aromatic heterocycles. The summed E-state index contributed by atoms with van der Waals surface area (Å²) in [6, 6.07) is 5.56. The minimum atomic E-state index is -0.821. The SMILES string of the molecule is C[C@@H](OC(=O)/C=C/c1ccc2c(c1)OCO2)C(=O)N[C@H]1CCCC[C@@H]1C. The van der Waals surface area contributed by atoms with Crippen molar-refractivity contribution in [2.75, 3.05) is 6.79 Å². The zero-order chi connectivity index (χ0) is 18.5. The van der Waals surface area contributed by atoms with Crippen molar-refractivity contribution in [3.8, 4) is 11.5 Å². The summed E-state index contributed by atoms with van der Waals surface area (Å²) in [6.45, 7) is 3.95. The standard InChI is InChI=1S/C20H25NO5/c1-13-5-3-4-6-16(13)21-20(23)14(2)26-19(22)10-8-15-7-9-17-18(11-15)25-12-24-17/h7-11,13-14,16H,3-6,12H2,1-2H3,(H,21,23)/b10-8+/t13-,14+,16-/m0/s1. The molecule has 1 saturated carbocycles. The Labute approximate surface area is 153 Å². The molecule has 1 aromatic rings. The zero-order valence-electron chi connectivity index (χ0n) is 15.2. The van der Waals surface area contributed by atoms with Gasteiger partial charge >= 0.3 is 5.97 Å². The molecule has 0 bridgehead atoms. The van der Waals surface area contributed by atoms with E-state index >= 15 is 0 Å². The molecule has 1 amide bonds. The first-order valence-electron chi connectivity index (χ1n) is 9.11. The van der Waals surface area contributed by atoms with Crippen molar-refractivity contribution in [2.24, 2.45) is 5.92 Å². The molecule has 1 N–H and O–H groups in total. The average molecular weight is 359 g/mol. The summed E-state index contributed by atoms with van der Waals surface area (Å²) in [6.07, 6.45) is 6.56. The van der Waals surface area contributed by atoms with Gasteiger partial charge in [-0.3, -0.25) is 4.79 Å². The highest BCUT2D eigenvalue weighted by Crippen LogP contribution is 2.32. The third kappa shape index (κ3) is 4.56. The molecule has 0 spiro atoms. The van der Waals surface area contributed by atoms with Crippen LogP contribution in [0.5, 0.6) is 11.5 Å². The second-order valence-corrected chi connectivity index (χ2v) is 6.90. The lowest BCUT2D eigenvalue weighted by atomic mass is 9.86. The van der Waals surface area contributed by atoms with E-state index in [1.165, 1.54) is 12.5 Å². The topological polar surface area (TPSA) is 73.9 Å². The van der Waals surface area contributed by atoms with Crippen LogP contribution in [0.25, 0.3) is 6.08 Å². The monoisotopic (exact) mass is 359 g/mol. The lowest BCUT2D eigenvalue weighted by Gasteiger charge is -2.30. The number of esters is 1. The predicted octanol–water partition coefficient (Wildman–Crippen LogP) is 3.06. The Bertz CT molecular complexity index is 699. The van der Waals surface area contributed by atoms with Gasteiger partial charge in [0.05, 0.1) is 0 Å². The summed E-state index contributed by atoms with van der Waals surface area (Å²) in [7, 11) is 0. The maximum absolute atomic E-state index is 12.3. The molecule has 3 atom stereocenters. The molecule has 6 heteroatoms. The van der Waals surface area contributed by atoms with Crippen molar-refractivity contribution >= 4 is 18.0 Å². The van der Waals surface area contributed by atoms with Crippen LogP contribution in [0.3, 0.4) is 0 Å². The van der Waals surface area contributed by atoms with Gasteiger partial charge in [0, 0.05) is 12.1 Å². The van der Waals surface area contributed by atoms with Gasteiger partial charge in [-0.2, -0.15) is 0 Å². The van der Waals surface area contributed by atoms with Gasteiger partial charge in [0.15, 0.2) is 17.6 Å². The minimum Gasteiger partial charge on any atom is -0.454 e. The third-order valence-electron chi connectivity index (χ3n) is 4.91. The second-order valence-electron chi connectivity index (χ2n) is 6.90. The lowest BCUT2D eigenvalue weighted by Crippen LogP contribution is -2.45. The first-order valence-corrected chi connectivity index (χ1v) is 9.11. The lowest BCUT2D eigenvalue weighted by molar-refractivity contribution is -0.150.